The predicted octanol–water partition coefficient (Wildman–Crippen LogP) is 2.28. The monoisotopic (exact) mass is 340 g/mol. The molecule has 2 saturated heterocycles. The molecule has 1 aromatic rings. The number of carbonyl (C=O) groups excluding carboxylic acids is 1. The number of hydrogen-bond donors (Lipinski definition) is 1. The number of ether oxygens (including phenoxy) is 1. The van der Waals surface area contributed by atoms with Gasteiger partial charge in [-0.25, -0.2) is 0 Å². The first-order valence-corrected chi connectivity index (χ1v) is 9.17. The Hall–Kier alpha value is -0.750. The van der Waals surface area contributed by atoms with Gasteiger partial charge in [-0.1, -0.05) is 11.6 Å². The second-order valence-electron chi connectivity index (χ2n) is 5.82. The molecule has 22 heavy (non-hydrogen) atoms. The highest BCUT2D eigenvalue weighted by molar-refractivity contribution is 7.99. The summed E-state index contributed by atoms with van der Waals surface area (Å²) in [5.74, 6) is 2.21. The molecule has 1 amide bonds. The fourth-order valence-electron chi connectivity index (χ4n) is 3.08. The van der Waals surface area contributed by atoms with Gasteiger partial charge in [-0.3, -0.25) is 9.69 Å². The van der Waals surface area contributed by atoms with Crippen LogP contribution in [-0.4, -0.2) is 60.7 Å². The fourth-order valence-corrected chi connectivity index (χ4v) is 4.69. The third-order valence-corrected chi connectivity index (χ3v) is 5.94. The van der Waals surface area contributed by atoms with Crippen LogP contribution in [0.5, 0.6) is 0 Å². The number of nitrogens with zero attached hydrogens (tertiary/aromatic N) is 1. The van der Waals surface area contributed by atoms with E-state index >= 15 is 0 Å². The van der Waals surface area contributed by atoms with Gasteiger partial charge in [0, 0.05) is 41.5 Å². The Morgan fingerprint density at radius 1 is 1.32 bits per heavy atom. The minimum absolute atomic E-state index is 0.0267. The lowest BCUT2D eigenvalue weighted by molar-refractivity contribution is -0.0129. The van der Waals surface area contributed by atoms with Crippen LogP contribution in [0.4, 0.5) is 0 Å². The van der Waals surface area contributed by atoms with E-state index in [4.69, 9.17) is 16.3 Å². The van der Waals surface area contributed by atoms with Crippen molar-refractivity contribution in [2.75, 3.05) is 44.4 Å². The molecule has 0 unspecified atom stereocenters. The first-order chi connectivity index (χ1) is 10.7. The molecule has 2 heterocycles. The van der Waals surface area contributed by atoms with Crippen LogP contribution in [0.2, 0.25) is 5.02 Å². The molecule has 2 aliphatic rings. The Labute approximate surface area is 140 Å². The van der Waals surface area contributed by atoms with E-state index in [9.17, 15) is 4.79 Å². The SMILES string of the molecule is O=C(NC[C@@]1(N2CCOCC2)CCSC1)c1ccc(Cl)cc1. The van der Waals surface area contributed by atoms with Crippen LogP contribution in [0, 0.1) is 0 Å². The molecular weight excluding hydrogens is 320 g/mol. The molecule has 0 aliphatic carbocycles. The van der Waals surface area contributed by atoms with Crippen molar-refractivity contribution in [3.05, 3.63) is 34.9 Å². The van der Waals surface area contributed by atoms with E-state index in [2.05, 4.69) is 10.2 Å². The highest BCUT2D eigenvalue weighted by Gasteiger charge is 2.40. The lowest BCUT2D eigenvalue weighted by atomic mass is 9.95. The van der Waals surface area contributed by atoms with Crippen molar-refractivity contribution in [3.8, 4) is 0 Å². The molecule has 0 spiro atoms. The van der Waals surface area contributed by atoms with Gasteiger partial charge in [0.1, 0.15) is 0 Å². The van der Waals surface area contributed by atoms with Gasteiger partial charge in [-0.15, -0.1) is 0 Å². The molecule has 1 atom stereocenters. The highest BCUT2D eigenvalue weighted by Crippen LogP contribution is 2.33. The maximum atomic E-state index is 12.3. The summed E-state index contributed by atoms with van der Waals surface area (Å²) in [5, 5.41) is 3.77. The molecule has 6 heteroatoms. The number of benzene rings is 1. The second-order valence-corrected chi connectivity index (χ2v) is 7.36. The average Bonchev–Trinajstić information content (AvgIpc) is 3.04. The van der Waals surface area contributed by atoms with Gasteiger partial charge >= 0.3 is 0 Å². The van der Waals surface area contributed by atoms with Gasteiger partial charge in [-0.05, 0) is 36.4 Å². The zero-order chi connectivity index (χ0) is 15.4. The summed E-state index contributed by atoms with van der Waals surface area (Å²) in [5.41, 5.74) is 0.739. The van der Waals surface area contributed by atoms with Crippen molar-refractivity contribution in [2.24, 2.45) is 0 Å². The normalized spacial score (nSPS) is 26.0. The van der Waals surface area contributed by atoms with Crippen molar-refractivity contribution in [3.63, 3.8) is 0 Å². The zero-order valence-electron chi connectivity index (χ0n) is 12.5. The molecule has 2 fully saturated rings. The molecule has 1 aromatic carbocycles. The Morgan fingerprint density at radius 2 is 2.05 bits per heavy atom. The van der Waals surface area contributed by atoms with Crippen molar-refractivity contribution in [2.45, 2.75) is 12.0 Å². The zero-order valence-corrected chi connectivity index (χ0v) is 14.1. The molecular formula is C16H21ClN2O2S. The maximum Gasteiger partial charge on any atom is 0.251 e. The van der Waals surface area contributed by atoms with Crippen LogP contribution in [-0.2, 0) is 4.74 Å². The largest absolute Gasteiger partial charge is 0.379 e. The molecule has 3 rings (SSSR count). The number of halogens is 1. The molecule has 1 N–H and O–H groups in total. The Bertz CT molecular complexity index is 511. The highest BCUT2D eigenvalue weighted by atomic mass is 35.5. The van der Waals surface area contributed by atoms with Crippen molar-refractivity contribution in [1.29, 1.82) is 0 Å². The fraction of sp³-hybridized carbons (Fsp3) is 0.562. The molecule has 120 valence electrons. The summed E-state index contributed by atoms with van der Waals surface area (Å²) < 4.78 is 5.46. The van der Waals surface area contributed by atoms with Gasteiger partial charge in [-0.2, -0.15) is 11.8 Å². The topological polar surface area (TPSA) is 41.6 Å². The van der Waals surface area contributed by atoms with E-state index in [1.54, 1.807) is 24.3 Å². The van der Waals surface area contributed by atoms with E-state index in [1.165, 1.54) is 0 Å². The number of morpholine rings is 1. The lowest BCUT2D eigenvalue weighted by Crippen LogP contribution is -2.59. The summed E-state index contributed by atoms with van der Waals surface area (Å²) in [6, 6.07) is 7.03. The quantitative estimate of drug-likeness (QED) is 0.913. The Morgan fingerprint density at radius 3 is 2.68 bits per heavy atom. The van der Waals surface area contributed by atoms with Crippen molar-refractivity contribution < 1.29 is 9.53 Å². The minimum Gasteiger partial charge on any atom is -0.379 e. The van der Waals surface area contributed by atoms with Crippen LogP contribution < -0.4 is 5.32 Å². The summed E-state index contributed by atoms with van der Waals surface area (Å²) in [7, 11) is 0. The first-order valence-electron chi connectivity index (χ1n) is 7.64. The van der Waals surface area contributed by atoms with Crippen molar-refractivity contribution >= 4 is 29.3 Å². The third kappa shape index (κ3) is 3.59. The number of nitrogens with one attached hydrogen (secondary N) is 1. The molecule has 0 radical (unpaired) electrons. The van der Waals surface area contributed by atoms with Gasteiger partial charge in [0.2, 0.25) is 0 Å². The number of rotatable bonds is 4. The van der Waals surface area contributed by atoms with Crippen LogP contribution in [0.15, 0.2) is 24.3 Å². The standard InChI is InChI=1S/C16H21ClN2O2S/c17-14-3-1-13(2-4-14)15(20)18-11-16(5-10-22-12-16)19-6-8-21-9-7-19/h1-4H,5-12H2,(H,18,20)/t16-/m0/s1. The van der Waals surface area contributed by atoms with Crippen LogP contribution in [0.1, 0.15) is 16.8 Å². The van der Waals surface area contributed by atoms with Crippen LogP contribution in [0.25, 0.3) is 0 Å². The minimum atomic E-state index is -0.0267. The van der Waals surface area contributed by atoms with Gasteiger partial charge in [0.25, 0.3) is 5.91 Å². The van der Waals surface area contributed by atoms with Crippen LogP contribution in [0.3, 0.4) is 0 Å². The third-order valence-electron chi connectivity index (χ3n) is 4.45. The number of thioether (sulfide) groups is 1. The predicted molar refractivity (Wildman–Crippen MR) is 90.9 cm³/mol. The van der Waals surface area contributed by atoms with E-state index in [-0.39, 0.29) is 11.4 Å². The van der Waals surface area contributed by atoms with E-state index in [1.807, 2.05) is 11.8 Å². The lowest BCUT2D eigenvalue weighted by Gasteiger charge is -2.43. The Balaban J connectivity index is 1.64. The van der Waals surface area contributed by atoms with E-state index in [0.717, 1.165) is 44.2 Å². The summed E-state index contributed by atoms with van der Waals surface area (Å²) in [6.45, 7) is 4.19. The molecule has 0 saturated carbocycles. The van der Waals surface area contributed by atoms with Gasteiger partial charge in [0.15, 0.2) is 0 Å². The second kappa shape index (κ2) is 7.21. The Kier molecular flexibility index (Phi) is 5.29. The van der Waals surface area contributed by atoms with E-state index in [0.29, 0.717) is 17.1 Å². The number of carbonyl (C=O) groups is 1. The molecule has 0 aromatic heterocycles. The number of amides is 1. The summed E-state index contributed by atoms with van der Waals surface area (Å²) in [6.07, 6.45) is 1.12. The van der Waals surface area contributed by atoms with Crippen LogP contribution >= 0.6 is 23.4 Å². The van der Waals surface area contributed by atoms with Gasteiger partial charge in [0.05, 0.1) is 13.2 Å². The molecule has 4 nitrogen and oxygen atoms in total. The summed E-state index contributed by atoms with van der Waals surface area (Å²) in [4.78, 5) is 14.8. The first kappa shape index (κ1) is 16.1. The average molecular weight is 341 g/mol. The number of hydrogen-bond acceptors (Lipinski definition) is 4. The maximum absolute atomic E-state index is 12.3. The smallest absolute Gasteiger partial charge is 0.251 e. The van der Waals surface area contributed by atoms with Gasteiger partial charge < -0.3 is 10.1 Å². The molecule has 2 aliphatic heterocycles. The molecule has 0 bridgehead atoms. The van der Waals surface area contributed by atoms with E-state index < -0.39 is 0 Å². The summed E-state index contributed by atoms with van der Waals surface area (Å²) >= 11 is 7.84. The van der Waals surface area contributed by atoms with Crippen molar-refractivity contribution in [1.82, 2.24) is 10.2 Å².